The molecule has 0 amide bonds. The second-order valence-electron chi connectivity index (χ2n) is 10.7. The molecule has 0 saturated carbocycles. The first-order valence-electron chi connectivity index (χ1n) is 13.0. The highest BCUT2D eigenvalue weighted by molar-refractivity contribution is 5.82. The minimum atomic E-state index is -1.81. The number of phenols is 1. The summed E-state index contributed by atoms with van der Waals surface area (Å²) in [6, 6.07) is 5.54. The van der Waals surface area contributed by atoms with Crippen molar-refractivity contribution in [2.75, 3.05) is 13.2 Å². The monoisotopic (exact) mass is 588 g/mol. The highest BCUT2D eigenvalue weighted by atomic mass is 16.7. The first-order valence-corrected chi connectivity index (χ1v) is 13.0. The molecule has 1 aromatic heterocycles. The van der Waals surface area contributed by atoms with E-state index in [0.717, 1.165) is 0 Å². The average molecular weight is 589 g/mol. The molecule has 3 heterocycles. The Morgan fingerprint density at radius 1 is 0.805 bits per heavy atom. The molecule has 2 saturated heterocycles. The van der Waals surface area contributed by atoms with E-state index in [4.69, 9.17) is 23.4 Å². The zero-order chi connectivity index (χ0) is 30.2. The standard InChI is InChI=1S/C26H36O15/c1-26(2,41-25-22(36)20(34)18(32)14(9-28)38-25)15(39-24-21(35)19(33)17(31)13(8-27)37-24)7-11-12(29)5-3-10-4-6-16(30)40-23(10)11/h3-6,13-15,17-22,24-25,27-29,31-36H,7-9H2,1-2H3/t13-,14-,15+,17+,18+,19+,20+,21-,22-,24+,25+/m1/s1. The Balaban J connectivity index is 1.71. The zero-order valence-electron chi connectivity index (χ0n) is 22.3. The van der Waals surface area contributed by atoms with Crippen molar-refractivity contribution >= 4 is 11.0 Å². The fourth-order valence-electron chi connectivity index (χ4n) is 4.90. The number of aliphatic hydroxyl groups excluding tert-OH is 8. The van der Waals surface area contributed by atoms with Crippen molar-refractivity contribution in [1.82, 2.24) is 0 Å². The van der Waals surface area contributed by atoms with E-state index in [9.17, 15) is 50.8 Å². The number of phenolic OH excluding ortho intramolecular Hbond substituents is 1. The predicted octanol–water partition coefficient (Wildman–Crippen LogP) is -3.18. The molecule has 230 valence electrons. The maximum atomic E-state index is 12.0. The first-order chi connectivity index (χ1) is 19.3. The molecule has 41 heavy (non-hydrogen) atoms. The number of hydrogen-bond acceptors (Lipinski definition) is 15. The molecule has 2 aliphatic heterocycles. The number of rotatable bonds is 9. The number of aromatic hydroxyl groups is 1. The van der Waals surface area contributed by atoms with Crippen LogP contribution in [0.3, 0.4) is 0 Å². The molecule has 11 atom stereocenters. The van der Waals surface area contributed by atoms with Crippen LogP contribution in [0.1, 0.15) is 19.4 Å². The number of fused-ring (bicyclic) bond motifs is 1. The van der Waals surface area contributed by atoms with E-state index in [2.05, 4.69) is 0 Å². The average Bonchev–Trinajstić information content (AvgIpc) is 2.94. The molecule has 15 nitrogen and oxygen atoms in total. The van der Waals surface area contributed by atoms with Crippen LogP contribution in [0.2, 0.25) is 0 Å². The lowest BCUT2D eigenvalue weighted by molar-refractivity contribution is -0.354. The van der Waals surface area contributed by atoms with Gasteiger partial charge in [-0.3, -0.25) is 0 Å². The summed E-state index contributed by atoms with van der Waals surface area (Å²) in [6.07, 6.45) is -17.9. The van der Waals surface area contributed by atoms with E-state index in [0.29, 0.717) is 5.39 Å². The maximum absolute atomic E-state index is 12.0. The van der Waals surface area contributed by atoms with Crippen molar-refractivity contribution in [2.45, 2.75) is 93.4 Å². The van der Waals surface area contributed by atoms with E-state index in [1.165, 1.54) is 38.1 Å². The van der Waals surface area contributed by atoms with Gasteiger partial charge in [-0.05, 0) is 32.0 Å². The number of ether oxygens (including phenoxy) is 4. The van der Waals surface area contributed by atoms with Gasteiger partial charge < -0.3 is 69.3 Å². The highest BCUT2D eigenvalue weighted by Gasteiger charge is 2.50. The van der Waals surface area contributed by atoms with Gasteiger partial charge in [-0.2, -0.15) is 0 Å². The fourth-order valence-corrected chi connectivity index (χ4v) is 4.90. The van der Waals surface area contributed by atoms with Crippen molar-refractivity contribution < 1.29 is 69.3 Å². The van der Waals surface area contributed by atoms with Crippen LogP contribution in [0, 0.1) is 0 Å². The van der Waals surface area contributed by atoms with Crippen LogP contribution in [0.5, 0.6) is 5.75 Å². The summed E-state index contributed by atoms with van der Waals surface area (Å²) in [4.78, 5) is 12.0. The molecule has 4 rings (SSSR count). The summed E-state index contributed by atoms with van der Waals surface area (Å²) < 4.78 is 28.3. The van der Waals surface area contributed by atoms with Crippen LogP contribution in [-0.4, -0.2) is 132 Å². The summed E-state index contributed by atoms with van der Waals surface area (Å²) in [5.41, 5.74) is -2.19. The lowest BCUT2D eigenvalue weighted by atomic mass is 9.92. The van der Waals surface area contributed by atoms with Crippen LogP contribution in [-0.2, 0) is 25.4 Å². The summed E-state index contributed by atoms with van der Waals surface area (Å²) in [5.74, 6) is -0.294. The van der Waals surface area contributed by atoms with Crippen LogP contribution in [0.4, 0.5) is 0 Å². The van der Waals surface area contributed by atoms with E-state index in [1.54, 1.807) is 0 Å². The zero-order valence-corrected chi connectivity index (χ0v) is 22.3. The van der Waals surface area contributed by atoms with Gasteiger partial charge in [0, 0.05) is 23.4 Å². The van der Waals surface area contributed by atoms with Crippen molar-refractivity contribution in [1.29, 1.82) is 0 Å². The molecule has 0 spiro atoms. The minimum Gasteiger partial charge on any atom is -0.508 e. The highest BCUT2D eigenvalue weighted by Crippen LogP contribution is 2.35. The smallest absolute Gasteiger partial charge is 0.336 e. The van der Waals surface area contributed by atoms with E-state index in [-0.39, 0.29) is 23.3 Å². The van der Waals surface area contributed by atoms with Crippen molar-refractivity contribution in [2.24, 2.45) is 0 Å². The summed E-state index contributed by atoms with van der Waals surface area (Å²) in [7, 11) is 0. The topological polar surface area (TPSA) is 249 Å². The van der Waals surface area contributed by atoms with E-state index in [1.807, 2.05) is 0 Å². The fraction of sp³-hybridized carbons (Fsp3) is 0.654. The van der Waals surface area contributed by atoms with Gasteiger partial charge in [0.05, 0.1) is 24.9 Å². The van der Waals surface area contributed by atoms with Gasteiger partial charge in [-0.1, -0.05) is 0 Å². The van der Waals surface area contributed by atoms with Gasteiger partial charge in [-0.15, -0.1) is 0 Å². The summed E-state index contributed by atoms with van der Waals surface area (Å²) in [6.45, 7) is 1.48. The predicted molar refractivity (Wildman–Crippen MR) is 135 cm³/mol. The third kappa shape index (κ3) is 6.41. The number of benzene rings is 1. The van der Waals surface area contributed by atoms with Gasteiger partial charge >= 0.3 is 5.63 Å². The Bertz CT molecular complexity index is 1230. The lowest BCUT2D eigenvalue weighted by Gasteiger charge is -2.46. The molecule has 0 aliphatic carbocycles. The van der Waals surface area contributed by atoms with Crippen LogP contribution >= 0.6 is 0 Å². The molecule has 2 aromatic rings. The molecule has 15 heteroatoms. The lowest BCUT2D eigenvalue weighted by Crippen LogP contribution is -2.63. The summed E-state index contributed by atoms with van der Waals surface area (Å²) in [5, 5.41) is 92.3. The number of aliphatic hydroxyl groups is 8. The molecular weight excluding hydrogens is 552 g/mol. The molecule has 2 aliphatic rings. The minimum absolute atomic E-state index is 0.0172. The summed E-state index contributed by atoms with van der Waals surface area (Å²) >= 11 is 0. The second kappa shape index (κ2) is 12.5. The molecule has 0 bridgehead atoms. The molecule has 9 N–H and O–H groups in total. The Labute approximate surface area is 233 Å². The Hall–Kier alpha value is -2.25. The van der Waals surface area contributed by atoms with Crippen molar-refractivity contribution in [3.05, 3.63) is 40.2 Å². The van der Waals surface area contributed by atoms with E-state index >= 15 is 0 Å². The Morgan fingerprint density at radius 2 is 1.34 bits per heavy atom. The van der Waals surface area contributed by atoms with Gasteiger partial charge in [0.1, 0.15) is 60.2 Å². The molecule has 1 aromatic carbocycles. The van der Waals surface area contributed by atoms with Crippen molar-refractivity contribution in [3.8, 4) is 5.75 Å². The van der Waals surface area contributed by atoms with Gasteiger partial charge in [-0.25, -0.2) is 4.79 Å². The molecular formula is C26H36O15. The maximum Gasteiger partial charge on any atom is 0.336 e. The normalized spacial score (nSPS) is 35.5. The SMILES string of the molecule is CC(C)(O[C@@H]1O[C@H](CO)[C@H](O)[C@H](O)[C@H]1O)[C@H](Cc1c(O)ccc2ccc(=O)oc12)O[C@@H]1O[C@H](CO)[C@H](O)[C@H](O)[C@H]1O. The molecule has 2 fully saturated rings. The third-order valence-corrected chi connectivity index (χ3v) is 7.45. The van der Waals surface area contributed by atoms with E-state index < -0.39 is 92.0 Å². The van der Waals surface area contributed by atoms with Gasteiger partial charge in [0.25, 0.3) is 0 Å². The van der Waals surface area contributed by atoms with Crippen LogP contribution in [0.25, 0.3) is 11.0 Å². The largest absolute Gasteiger partial charge is 0.508 e. The van der Waals surface area contributed by atoms with Gasteiger partial charge in [0.2, 0.25) is 0 Å². The van der Waals surface area contributed by atoms with Crippen LogP contribution in [0.15, 0.2) is 33.5 Å². The third-order valence-electron chi connectivity index (χ3n) is 7.45. The Morgan fingerprint density at radius 3 is 1.93 bits per heavy atom. The number of hydrogen-bond donors (Lipinski definition) is 9. The van der Waals surface area contributed by atoms with Crippen LogP contribution < -0.4 is 5.63 Å². The van der Waals surface area contributed by atoms with Gasteiger partial charge in [0.15, 0.2) is 12.6 Å². The first kappa shape index (κ1) is 31.7. The quantitative estimate of drug-likeness (QED) is 0.131. The molecule has 0 unspecified atom stereocenters. The molecule has 0 radical (unpaired) electrons. The van der Waals surface area contributed by atoms with Crippen molar-refractivity contribution in [3.63, 3.8) is 0 Å². The second-order valence-corrected chi connectivity index (χ2v) is 10.7. The Kier molecular flexibility index (Phi) is 9.69.